The number of aromatic nitrogens is 4. The molecule has 4 nitrogen and oxygen atoms in total. The molecule has 15 rings (SSSR count). The molecule has 0 unspecified atom stereocenters. The second-order valence-corrected chi connectivity index (χ2v) is 18.2. The van der Waals surface area contributed by atoms with Crippen LogP contribution in [0.25, 0.3) is 148 Å². The Hall–Kier alpha value is -9.25. The lowest BCUT2D eigenvalue weighted by molar-refractivity contribution is 1.08. The zero-order chi connectivity index (χ0) is 45.2. The summed E-state index contributed by atoms with van der Waals surface area (Å²) in [5.74, 6) is 1.94. The Kier molecular flexibility index (Phi) is 8.04. The van der Waals surface area contributed by atoms with Crippen LogP contribution in [-0.4, -0.2) is 19.5 Å². The maximum atomic E-state index is 5.13. The first-order valence-corrected chi connectivity index (χ1v) is 23.6. The van der Waals surface area contributed by atoms with E-state index in [4.69, 9.17) is 15.0 Å². The highest BCUT2D eigenvalue weighted by atomic mass is 15.0. The van der Waals surface area contributed by atoms with Gasteiger partial charge >= 0.3 is 0 Å². The van der Waals surface area contributed by atoms with Gasteiger partial charge in [0, 0.05) is 33.2 Å². The predicted octanol–water partition coefficient (Wildman–Crippen LogP) is 17.1. The third-order valence-electron chi connectivity index (χ3n) is 14.6. The van der Waals surface area contributed by atoms with Crippen molar-refractivity contribution in [2.24, 2.45) is 0 Å². The Balaban J connectivity index is 0.934. The van der Waals surface area contributed by atoms with E-state index in [2.05, 4.69) is 199 Å². The van der Waals surface area contributed by atoms with Gasteiger partial charge < -0.3 is 4.57 Å². The van der Waals surface area contributed by atoms with Crippen molar-refractivity contribution in [3.8, 4) is 51.0 Å². The van der Waals surface area contributed by atoms with Crippen molar-refractivity contribution < 1.29 is 0 Å². The number of rotatable bonds is 5. The summed E-state index contributed by atoms with van der Waals surface area (Å²) in [6.07, 6.45) is 0. The van der Waals surface area contributed by atoms with Crippen LogP contribution in [0.4, 0.5) is 0 Å². The van der Waals surface area contributed by atoms with E-state index >= 15 is 0 Å². The molecule has 0 aliphatic carbocycles. The van der Waals surface area contributed by atoms with Crippen molar-refractivity contribution >= 4 is 97.2 Å². The minimum atomic E-state index is 0.647. The Morgan fingerprint density at radius 1 is 0.246 bits per heavy atom. The van der Waals surface area contributed by atoms with Crippen LogP contribution in [0.15, 0.2) is 231 Å². The van der Waals surface area contributed by atoms with E-state index in [1.165, 1.54) is 86.4 Å². The molecule has 0 aliphatic rings. The van der Waals surface area contributed by atoms with E-state index in [0.717, 1.165) is 44.3 Å². The summed E-state index contributed by atoms with van der Waals surface area (Å²) in [6.45, 7) is 0. The normalized spacial score (nSPS) is 12.1. The quantitative estimate of drug-likeness (QED) is 0.162. The fraction of sp³-hybridized carbons (Fsp3) is 0. The van der Waals surface area contributed by atoms with Crippen LogP contribution in [0.3, 0.4) is 0 Å². The molecule has 4 heteroatoms. The Labute approximate surface area is 396 Å². The summed E-state index contributed by atoms with van der Waals surface area (Å²) in [7, 11) is 0. The molecule has 0 atom stereocenters. The standard InChI is InChI=1S/C65H38N4/c1-3-15-40(16-4-1)63-66-64(41-17-5-2-6-18-41)68-65(67-63)54-36-35-44(45-19-7-11-23-49(45)54)42-30-29-39-31-33-53-52-25-13-27-58-61(52)62-55(60(53)56(39)37-42)26-14-28-59(62)69(58)43-32-34-51-48-22-9-8-20-46(48)47-21-10-12-24-50(47)57(51)38-43/h1-38H. The zero-order valence-electron chi connectivity index (χ0n) is 37.2. The maximum absolute atomic E-state index is 5.13. The van der Waals surface area contributed by atoms with Gasteiger partial charge in [0.2, 0.25) is 0 Å². The monoisotopic (exact) mass is 874 g/mol. The van der Waals surface area contributed by atoms with Gasteiger partial charge in [-0.1, -0.05) is 194 Å². The molecule has 0 saturated carbocycles. The van der Waals surface area contributed by atoms with Crippen molar-refractivity contribution in [3.05, 3.63) is 231 Å². The molecule has 0 radical (unpaired) electrons. The lowest BCUT2D eigenvalue weighted by Gasteiger charge is -2.15. The second kappa shape index (κ2) is 14.6. The summed E-state index contributed by atoms with van der Waals surface area (Å²) < 4.78 is 2.49. The van der Waals surface area contributed by atoms with Gasteiger partial charge in [0.05, 0.1) is 11.0 Å². The van der Waals surface area contributed by atoms with E-state index in [9.17, 15) is 0 Å². The first-order valence-electron chi connectivity index (χ1n) is 23.6. The number of benzene rings is 13. The van der Waals surface area contributed by atoms with Crippen LogP contribution in [0, 0.1) is 0 Å². The molecule has 0 aliphatic heterocycles. The van der Waals surface area contributed by atoms with Gasteiger partial charge in [0.1, 0.15) is 0 Å². The zero-order valence-corrected chi connectivity index (χ0v) is 37.2. The van der Waals surface area contributed by atoms with Gasteiger partial charge in [-0.3, -0.25) is 0 Å². The minimum Gasteiger partial charge on any atom is -0.309 e. The topological polar surface area (TPSA) is 43.6 Å². The summed E-state index contributed by atoms with van der Waals surface area (Å²) in [4.78, 5) is 15.2. The third kappa shape index (κ3) is 5.60. The first-order chi connectivity index (χ1) is 34.2. The molecule has 2 aromatic heterocycles. The van der Waals surface area contributed by atoms with E-state index in [-0.39, 0.29) is 0 Å². The van der Waals surface area contributed by atoms with Gasteiger partial charge in [0.15, 0.2) is 17.5 Å². The summed E-state index contributed by atoms with van der Waals surface area (Å²) >= 11 is 0. The third-order valence-corrected chi connectivity index (χ3v) is 14.6. The Morgan fingerprint density at radius 2 is 0.710 bits per heavy atom. The van der Waals surface area contributed by atoms with Crippen molar-refractivity contribution in [3.63, 3.8) is 0 Å². The number of hydrogen-bond acceptors (Lipinski definition) is 3. The smallest absolute Gasteiger partial charge is 0.164 e. The van der Waals surface area contributed by atoms with Crippen LogP contribution in [0.2, 0.25) is 0 Å². The lowest BCUT2D eigenvalue weighted by Crippen LogP contribution is -2.00. The van der Waals surface area contributed by atoms with Crippen molar-refractivity contribution in [1.82, 2.24) is 19.5 Å². The summed E-state index contributed by atoms with van der Waals surface area (Å²) in [5.41, 5.74) is 8.78. The van der Waals surface area contributed by atoms with Crippen LogP contribution in [-0.2, 0) is 0 Å². The number of fused-ring (bicyclic) bond motifs is 12. The fourth-order valence-electron chi connectivity index (χ4n) is 11.5. The molecule has 0 amide bonds. The van der Waals surface area contributed by atoms with Gasteiger partial charge in [-0.2, -0.15) is 0 Å². The Bertz CT molecular complexity index is 4500. The Morgan fingerprint density at radius 3 is 1.36 bits per heavy atom. The molecule has 0 saturated heterocycles. The SMILES string of the molecule is c1ccc(-c2nc(-c3ccccc3)nc(-c3ccc(-c4ccc5ccc6c7cccc8c7c7c(cccc7n8-c7ccc8c9ccccc9c9ccccc9c8c7)c6c5c4)c4ccccc34)n2)cc1. The summed E-state index contributed by atoms with van der Waals surface area (Å²) in [6, 6.07) is 83.5. The largest absolute Gasteiger partial charge is 0.309 e. The average Bonchev–Trinajstić information content (AvgIpc) is 3.77. The van der Waals surface area contributed by atoms with Gasteiger partial charge in [-0.25, -0.2) is 15.0 Å². The lowest BCUT2D eigenvalue weighted by atomic mass is 9.89. The summed E-state index contributed by atoms with van der Waals surface area (Å²) in [5, 5.41) is 20.0. The van der Waals surface area contributed by atoms with Gasteiger partial charge in [0.25, 0.3) is 0 Å². The molecule has 318 valence electrons. The maximum Gasteiger partial charge on any atom is 0.164 e. The average molecular weight is 875 g/mol. The highest BCUT2D eigenvalue weighted by molar-refractivity contribution is 6.38. The molecule has 0 spiro atoms. The van der Waals surface area contributed by atoms with E-state index in [0.29, 0.717) is 17.5 Å². The van der Waals surface area contributed by atoms with E-state index in [1.807, 2.05) is 36.4 Å². The van der Waals surface area contributed by atoms with Gasteiger partial charge in [-0.05, 0) is 123 Å². The van der Waals surface area contributed by atoms with E-state index < -0.39 is 0 Å². The van der Waals surface area contributed by atoms with Crippen LogP contribution in [0.1, 0.15) is 0 Å². The van der Waals surface area contributed by atoms with Crippen LogP contribution in [0.5, 0.6) is 0 Å². The molecule has 69 heavy (non-hydrogen) atoms. The van der Waals surface area contributed by atoms with Crippen molar-refractivity contribution in [2.45, 2.75) is 0 Å². The molecule has 0 fully saturated rings. The molecule has 15 aromatic rings. The van der Waals surface area contributed by atoms with Crippen molar-refractivity contribution in [2.75, 3.05) is 0 Å². The number of nitrogens with zero attached hydrogens (tertiary/aromatic N) is 4. The fourth-order valence-corrected chi connectivity index (χ4v) is 11.5. The van der Waals surface area contributed by atoms with Crippen LogP contribution >= 0.6 is 0 Å². The van der Waals surface area contributed by atoms with E-state index in [1.54, 1.807) is 0 Å². The highest BCUT2D eigenvalue weighted by Gasteiger charge is 2.22. The van der Waals surface area contributed by atoms with Gasteiger partial charge in [-0.15, -0.1) is 0 Å². The predicted molar refractivity (Wildman–Crippen MR) is 290 cm³/mol. The molecule has 13 aromatic carbocycles. The molecule has 0 N–H and O–H groups in total. The first kappa shape index (κ1) is 37.9. The molecule has 0 bridgehead atoms. The van der Waals surface area contributed by atoms with Crippen molar-refractivity contribution in [1.29, 1.82) is 0 Å². The number of hydrogen-bond donors (Lipinski definition) is 0. The minimum absolute atomic E-state index is 0.647. The molecular weight excluding hydrogens is 837 g/mol. The molecular formula is C65H38N4. The highest BCUT2D eigenvalue weighted by Crippen LogP contribution is 2.47. The second-order valence-electron chi connectivity index (χ2n) is 18.2. The van der Waals surface area contributed by atoms with Crippen LogP contribution < -0.4 is 0 Å². The molecule has 2 heterocycles.